The van der Waals surface area contributed by atoms with Crippen molar-refractivity contribution in [3.05, 3.63) is 12.2 Å². The summed E-state index contributed by atoms with van der Waals surface area (Å²) in [5, 5.41) is 0. The van der Waals surface area contributed by atoms with E-state index in [9.17, 15) is 0 Å². The molecule has 1 aliphatic carbocycles. The number of hydrogen-bond acceptors (Lipinski definition) is 1. The molecular formula is C12H22ClN. The lowest BCUT2D eigenvalue weighted by Crippen LogP contribution is -2.36. The number of alkyl halides is 1. The van der Waals surface area contributed by atoms with Gasteiger partial charge in [0.05, 0.1) is 0 Å². The first-order valence-corrected chi connectivity index (χ1v) is 6.09. The van der Waals surface area contributed by atoms with Gasteiger partial charge in [-0.1, -0.05) is 13.5 Å². The van der Waals surface area contributed by atoms with Crippen LogP contribution in [0.1, 0.15) is 32.6 Å². The van der Waals surface area contributed by atoms with E-state index in [0.29, 0.717) is 5.88 Å². The maximum atomic E-state index is 5.73. The third-order valence-electron chi connectivity index (χ3n) is 3.27. The summed E-state index contributed by atoms with van der Waals surface area (Å²) in [5.74, 6) is 1.52. The molecule has 0 aromatic heterocycles. The van der Waals surface area contributed by atoms with Crippen LogP contribution in [0.4, 0.5) is 0 Å². The molecule has 0 spiro atoms. The minimum atomic E-state index is 0.591. The molecule has 1 fully saturated rings. The van der Waals surface area contributed by atoms with Crippen LogP contribution >= 0.6 is 11.6 Å². The fraction of sp³-hybridized carbons (Fsp3) is 0.833. The maximum absolute atomic E-state index is 5.73. The molecule has 82 valence electrons. The van der Waals surface area contributed by atoms with Gasteiger partial charge in [0.1, 0.15) is 0 Å². The van der Waals surface area contributed by atoms with Crippen molar-refractivity contribution in [2.75, 3.05) is 19.5 Å². The van der Waals surface area contributed by atoms with Gasteiger partial charge in [0.25, 0.3) is 0 Å². The van der Waals surface area contributed by atoms with Crippen LogP contribution in [0.25, 0.3) is 0 Å². The molecule has 14 heavy (non-hydrogen) atoms. The van der Waals surface area contributed by atoms with Gasteiger partial charge in [-0.2, -0.15) is 0 Å². The van der Waals surface area contributed by atoms with Crippen LogP contribution in [-0.4, -0.2) is 30.4 Å². The largest absolute Gasteiger partial charge is 0.299 e. The van der Waals surface area contributed by atoms with Crippen molar-refractivity contribution in [3.8, 4) is 0 Å². The molecule has 0 aromatic carbocycles. The molecule has 1 rings (SSSR count). The fourth-order valence-corrected chi connectivity index (χ4v) is 2.29. The molecule has 2 heteroatoms. The van der Waals surface area contributed by atoms with E-state index in [2.05, 4.69) is 25.5 Å². The SMILES string of the molecule is C=C(CCl)CN(C)C1CCC(C)CC1. The summed E-state index contributed by atoms with van der Waals surface area (Å²) in [6.07, 6.45) is 5.44. The zero-order valence-corrected chi connectivity index (χ0v) is 10.2. The molecule has 0 radical (unpaired) electrons. The maximum Gasteiger partial charge on any atom is 0.0443 e. The Morgan fingerprint density at radius 2 is 1.93 bits per heavy atom. The fourth-order valence-electron chi connectivity index (χ4n) is 2.21. The number of nitrogens with zero attached hydrogens (tertiary/aromatic N) is 1. The lowest BCUT2D eigenvalue weighted by molar-refractivity contribution is 0.182. The molecule has 0 amide bonds. The second-order valence-corrected chi connectivity index (χ2v) is 4.98. The molecule has 0 atom stereocenters. The lowest BCUT2D eigenvalue weighted by Gasteiger charge is -2.33. The molecule has 1 saturated carbocycles. The molecule has 0 unspecified atom stereocenters. The Balaban J connectivity index is 2.30. The minimum Gasteiger partial charge on any atom is -0.299 e. The summed E-state index contributed by atoms with van der Waals surface area (Å²) < 4.78 is 0. The van der Waals surface area contributed by atoms with E-state index in [-0.39, 0.29) is 0 Å². The quantitative estimate of drug-likeness (QED) is 0.514. The van der Waals surface area contributed by atoms with Gasteiger partial charge in [0.2, 0.25) is 0 Å². The predicted molar refractivity (Wildman–Crippen MR) is 63.9 cm³/mol. The number of hydrogen-bond donors (Lipinski definition) is 0. The van der Waals surface area contributed by atoms with Crippen molar-refractivity contribution in [1.82, 2.24) is 4.90 Å². The van der Waals surface area contributed by atoms with Crippen molar-refractivity contribution in [3.63, 3.8) is 0 Å². The smallest absolute Gasteiger partial charge is 0.0443 e. The van der Waals surface area contributed by atoms with Crippen LogP contribution in [0, 0.1) is 5.92 Å². The van der Waals surface area contributed by atoms with Crippen LogP contribution in [-0.2, 0) is 0 Å². The van der Waals surface area contributed by atoms with E-state index in [0.717, 1.165) is 24.1 Å². The zero-order chi connectivity index (χ0) is 10.6. The standard InChI is InChI=1S/C12H22ClN/c1-10-4-6-12(7-5-10)14(3)9-11(2)8-13/h10,12H,2,4-9H2,1,3H3. The van der Waals surface area contributed by atoms with E-state index in [1.54, 1.807) is 0 Å². The molecule has 1 aliphatic rings. The average Bonchev–Trinajstić information content (AvgIpc) is 2.18. The van der Waals surface area contributed by atoms with Gasteiger partial charge in [0, 0.05) is 18.5 Å². The van der Waals surface area contributed by atoms with Crippen LogP contribution < -0.4 is 0 Å². The zero-order valence-electron chi connectivity index (χ0n) is 9.43. The molecule has 0 saturated heterocycles. The lowest BCUT2D eigenvalue weighted by atomic mass is 9.86. The topological polar surface area (TPSA) is 3.24 Å². The Morgan fingerprint density at radius 1 is 1.36 bits per heavy atom. The molecule has 0 N–H and O–H groups in total. The number of rotatable bonds is 4. The first-order valence-electron chi connectivity index (χ1n) is 5.56. The van der Waals surface area contributed by atoms with E-state index in [1.165, 1.54) is 25.7 Å². The Hall–Kier alpha value is -0.0100. The average molecular weight is 216 g/mol. The van der Waals surface area contributed by atoms with Gasteiger partial charge in [0.15, 0.2) is 0 Å². The molecule has 0 aliphatic heterocycles. The Morgan fingerprint density at radius 3 is 2.43 bits per heavy atom. The van der Waals surface area contributed by atoms with Crippen molar-refractivity contribution >= 4 is 11.6 Å². The van der Waals surface area contributed by atoms with Crippen molar-refractivity contribution in [1.29, 1.82) is 0 Å². The van der Waals surface area contributed by atoms with Crippen molar-refractivity contribution < 1.29 is 0 Å². The third kappa shape index (κ3) is 3.62. The van der Waals surface area contributed by atoms with Crippen LogP contribution in [0.3, 0.4) is 0 Å². The summed E-state index contributed by atoms with van der Waals surface area (Å²) in [6.45, 7) is 7.27. The van der Waals surface area contributed by atoms with E-state index in [4.69, 9.17) is 11.6 Å². The van der Waals surface area contributed by atoms with Crippen molar-refractivity contribution in [2.24, 2.45) is 5.92 Å². The second kappa shape index (κ2) is 5.77. The Bertz CT molecular complexity index is 183. The summed E-state index contributed by atoms with van der Waals surface area (Å²) in [5.41, 5.74) is 1.13. The Kier molecular flexibility index (Phi) is 4.97. The highest BCUT2D eigenvalue weighted by molar-refractivity contribution is 6.19. The van der Waals surface area contributed by atoms with Gasteiger partial charge in [-0.25, -0.2) is 0 Å². The first-order chi connectivity index (χ1) is 6.63. The molecule has 0 bridgehead atoms. The molecule has 1 nitrogen and oxygen atoms in total. The third-order valence-corrected chi connectivity index (χ3v) is 3.65. The van der Waals surface area contributed by atoms with Crippen LogP contribution in [0.15, 0.2) is 12.2 Å². The second-order valence-electron chi connectivity index (χ2n) is 4.71. The highest BCUT2D eigenvalue weighted by Gasteiger charge is 2.21. The van der Waals surface area contributed by atoms with Crippen LogP contribution in [0.5, 0.6) is 0 Å². The number of halogens is 1. The first kappa shape index (κ1) is 12.1. The van der Waals surface area contributed by atoms with E-state index >= 15 is 0 Å². The van der Waals surface area contributed by atoms with Gasteiger partial charge in [-0.05, 0) is 44.2 Å². The van der Waals surface area contributed by atoms with Gasteiger partial charge in [-0.15, -0.1) is 11.6 Å². The monoisotopic (exact) mass is 215 g/mol. The molecule has 0 aromatic rings. The number of likely N-dealkylation sites (N-methyl/N-ethyl adjacent to an activating group) is 1. The summed E-state index contributed by atoms with van der Waals surface area (Å²) in [4.78, 5) is 2.41. The Labute approximate surface area is 93.1 Å². The normalized spacial score (nSPS) is 28.0. The molecule has 0 heterocycles. The molecular weight excluding hydrogens is 194 g/mol. The van der Waals surface area contributed by atoms with E-state index < -0.39 is 0 Å². The van der Waals surface area contributed by atoms with Gasteiger partial charge >= 0.3 is 0 Å². The van der Waals surface area contributed by atoms with Crippen molar-refractivity contribution in [2.45, 2.75) is 38.6 Å². The summed E-state index contributed by atoms with van der Waals surface area (Å²) in [7, 11) is 2.19. The highest BCUT2D eigenvalue weighted by Crippen LogP contribution is 2.26. The predicted octanol–water partition coefficient (Wildman–Crippen LogP) is 3.29. The van der Waals surface area contributed by atoms with E-state index in [1.807, 2.05) is 0 Å². The summed E-state index contributed by atoms with van der Waals surface area (Å²) >= 11 is 5.73. The highest BCUT2D eigenvalue weighted by atomic mass is 35.5. The minimum absolute atomic E-state index is 0.591. The summed E-state index contributed by atoms with van der Waals surface area (Å²) in [6, 6.07) is 0.756. The van der Waals surface area contributed by atoms with Gasteiger partial charge in [-0.3, -0.25) is 4.90 Å². The van der Waals surface area contributed by atoms with Crippen LogP contribution in [0.2, 0.25) is 0 Å². The van der Waals surface area contributed by atoms with Gasteiger partial charge < -0.3 is 0 Å².